The highest BCUT2D eigenvalue weighted by Gasteiger charge is 2.15. The number of nitrogens with zero attached hydrogens (tertiary/aromatic N) is 3. The smallest absolute Gasteiger partial charge is 0.174 e. The number of fused-ring (bicyclic) bond motifs is 1. The van der Waals surface area contributed by atoms with Crippen LogP contribution in [0, 0.1) is 0 Å². The van der Waals surface area contributed by atoms with Crippen molar-refractivity contribution in [1.82, 2.24) is 19.9 Å². The highest BCUT2D eigenvalue weighted by atomic mass is 32.2. The fourth-order valence-corrected chi connectivity index (χ4v) is 3.41. The number of nitrogens with one attached hydrogen (secondary N) is 2. The lowest BCUT2D eigenvalue weighted by Crippen LogP contribution is -2.08. The molecule has 0 amide bonds. The first-order valence-electron chi connectivity index (χ1n) is 9.11. The molecule has 0 unspecified atom stereocenters. The molecule has 6 nitrogen and oxygen atoms in total. The van der Waals surface area contributed by atoms with Crippen molar-refractivity contribution in [3.8, 4) is 17.0 Å². The molecular weight excluding hydrogens is 389 g/mol. The van der Waals surface area contributed by atoms with Crippen LogP contribution in [0.5, 0.6) is 5.75 Å². The van der Waals surface area contributed by atoms with E-state index in [1.54, 1.807) is 28.8 Å². The van der Waals surface area contributed by atoms with Crippen molar-refractivity contribution in [3.63, 3.8) is 0 Å². The lowest BCUT2D eigenvalue weighted by Gasteiger charge is -2.12. The molecule has 0 radical (unpaired) electrons. The summed E-state index contributed by atoms with van der Waals surface area (Å²) in [5.74, 6) is 0.775. The highest BCUT2D eigenvalue weighted by molar-refractivity contribution is 7.94. The summed E-state index contributed by atoms with van der Waals surface area (Å²) in [6.45, 7) is 1.39. The number of anilines is 1. The van der Waals surface area contributed by atoms with Crippen LogP contribution in [0.4, 0.5) is 9.70 Å². The van der Waals surface area contributed by atoms with Gasteiger partial charge in [-0.15, -0.1) is 0 Å². The van der Waals surface area contributed by atoms with Crippen molar-refractivity contribution in [2.75, 3.05) is 12.4 Å². The number of phenolic OH excluding ortho intramolecular Hbond substituents is 1. The molecule has 0 atom stereocenters. The quantitative estimate of drug-likeness (QED) is 0.420. The lowest BCUT2D eigenvalue weighted by molar-refractivity contribution is 0.477. The van der Waals surface area contributed by atoms with Crippen LogP contribution in [0.15, 0.2) is 65.7 Å². The zero-order chi connectivity index (χ0) is 20.2. The Bertz CT molecular complexity index is 1130. The first-order valence-corrected chi connectivity index (χ1v) is 9.83. The second-order valence-electron chi connectivity index (χ2n) is 6.57. The Kier molecular flexibility index (Phi) is 5.64. The van der Waals surface area contributed by atoms with Gasteiger partial charge in [-0.1, -0.05) is 36.4 Å². The van der Waals surface area contributed by atoms with E-state index in [0.717, 1.165) is 12.1 Å². The third-order valence-electron chi connectivity index (χ3n) is 4.58. The van der Waals surface area contributed by atoms with Gasteiger partial charge in [-0.05, 0) is 30.3 Å². The summed E-state index contributed by atoms with van der Waals surface area (Å²) in [5, 5.41) is 21.0. The molecule has 148 valence electrons. The molecule has 0 aliphatic rings. The summed E-state index contributed by atoms with van der Waals surface area (Å²) in [5.41, 5.74) is 3.82. The minimum atomic E-state index is 0.100. The Labute approximate surface area is 172 Å². The molecule has 0 saturated heterocycles. The highest BCUT2D eigenvalue weighted by Crippen LogP contribution is 2.32. The first kappa shape index (κ1) is 19.2. The third kappa shape index (κ3) is 4.03. The third-order valence-corrected chi connectivity index (χ3v) is 5.03. The minimum Gasteiger partial charge on any atom is -0.507 e. The molecule has 29 heavy (non-hydrogen) atoms. The average molecular weight is 409 g/mol. The number of para-hydroxylation sites is 1. The van der Waals surface area contributed by atoms with E-state index in [1.807, 2.05) is 13.1 Å². The SMILES string of the molecule is CNCc1ccc(CNc2cc(-c3ccccc3O)nc3c(SF)cnn23)cc1. The maximum atomic E-state index is 13.3. The average Bonchev–Trinajstić information content (AvgIpc) is 3.17. The summed E-state index contributed by atoms with van der Waals surface area (Å²) < 4.78 is 14.9. The Morgan fingerprint density at radius 2 is 1.79 bits per heavy atom. The number of aromatic nitrogens is 3. The molecule has 2 aromatic carbocycles. The van der Waals surface area contributed by atoms with Crippen LogP contribution < -0.4 is 10.6 Å². The van der Waals surface area contributed by atoms with Gasteiger partial charge in [0.1, 0.15) is 16.5 Å². The first-order chi connectivity index (χ1) is 14.2. The van der Waals surface area contributed by atoms with Crippen molar-refractivity contribution in [1.29, 1.82) is 0 Å². The number of aromatic hydroxyl groups is 1. The zero-order valence-corrected chi connectivity index (χ0v) is 16.6. The standard InChI is InChI=1S/C21H20FN5OS/c1-23-11-14-6-8-15(9-7-14)12-24-20-10-17(16-4-2-3-5-18(16)28)26-21-19(29-22)13-25-27(20)21/h2-10,13,23-24,28H,11-12H2,1H3. The molecule has 0 fully saturated rings. The van der Waals surface area contributed by atoms with Gasteiger partial charge in [0.25, 0.3) is 0 Å². The molecule has 0 aliphatic carbocycles. The number of halogens is 1. The Morgan fingerprint density at radius 1 is 1.07 bits per heavy atom. The fraction of sp³-hybridized carbons (Fsp3) is 0.143. The van der Waals surface area contributed by atoms with Crippen LogP contribution in [0.1, 0.15) is 11.1 Å². The number of hydrogen-bond acceptors (Lipinski definition) is 6. The second-order valence-corrected chi connectivity index (χ2v) is 7.16. The van der Waals surface area contributed by atoms with Crippen molar-refractivity contribution in [2.45, 2.75) is 18.0 Å². The molecule has 0 bridgehead atoms. The molecule has 0 aliphatic heterocycles. The van der Waals surface area contributed by atoms with Gasteiger partial charge in [-0.25, -0.2) is 4.98 Å². The normalized spacial score (nSPS) is 11.1. The fourth-order valence-electron chi connectivity index (χ4n) is 3.12. The van der Waals surface area contributed by atoms with Crippen LogP contribution in [0.3, 0.4) is 0 Å². The number of benzene rings is 2. The van der Waals surface area contributed by atoms with Crippen LogP contribution in [-0.2, 0) is 13.1 Å². The predicted octanol–water partition coefficient (Wildman–Crippen LogP) is 4.41. The van der Waals surface area contributed by atoms with E-state index in [2.05, 4.69) is 45.0 Å². The largest absolute Gasteiger partial charge is 0.507 e. The molecule has 8 heteroatoms. The van der Waals surface area contributed by atoms with E-state index >= 15 is 0 Å². The summed E-state index contributed by atoms with van der Waals surface area (Å²) in [7, 11) is 1.92. The van der Waals surface area contributed by atoms with Crippen LogP contribution in [0.2, 0.25) is 0 Å². The zero-order valence-electron chi connectivity index (χ0n) is 15.8. The van der Waals surface area contributed by atoms with Gasteiger partial charge in [0.2, 0.25) is 0 Å². The Hall–Kier alpha value is -3.10. The van der Waals surface area contributed by atoms with E-state index in [4.69, 9.17) is 0 Å². The molecule has 3 N–H and O–H groups in total. The number of phenols is 1. The van der Waals surface area contributed by atoms with Gasteiger partial charge in [0.15, 0.2) is 5.65 Å². The van der Waals surface area contributed by atoms with Gasteiger partial charge in [-0.3, -0.25) is 0 Å². The van der Waals surface area contributed by atoms with Gasteiger partial charge in [-0.2, -0.15) is 13.5 Å². The van der Waals surface area contributed by atoms with E-state index in [-0.39, 0.29) is 17.9 Å². The van der Waals surface area contributed by atoms with Gasteiger partial charge in [0.05, 0.1) is 24.0 Å². The molecule has 2 aromatic heterocycles. The van der Waals surface area contributed by atoms with Crippen molar-refractivity contribution >= 4 is 23.6 Å². The van der Waals surface area contributed by atoms with Gasteiger partial charge in [0, 0.05) is 24.7 Å². The monoisotopic (exact) mass is 409 g/mol. The molecule has 2 heterocycles. The van der Waals surface area contributed by atoms with E-state index < -0.39 is 0 Å². The summed E-state index contributed by atoms with van der Waals surface area (Å²) in [6.07, 6.45) is 1.44. The van der Waals surface area contributed by atoms with E-state index in [9.17, 15) is 8.99 Å². The van der Waals surface area contributed by atoms with Crippen LogP contribution >= 0.6 is 12.1 Å². The maximum Gasteiger partial charge on any atom is 0.174 e. The predicted molar refractivity (Wildman–Crippen MR) is 114 cm³/mol. The Balaban J connectivity index is 1.69. The molecular formula is C21H20FN5OS. The molecule has 4 aromatic rings. The maximum absolute atomic E-state index is 13.3. The summed E-state index contributed by atoms with van der Waals surface area (Å²) in [6, 6.07) is 17.0. The molecule has 0 spiro atoms. The van der Waals surface area contributed by atoms with Crippen molar-refractivity contribution in [2.24, 2.45) is 0 Å². The second kappa shape index (κ2) is 8.50. The topological polar surface area (TPSA) is 74.5 Å². The van der Waals surface area contributed by atoms with E-state index in [1.165, 1.54) is 11.8 Å². The van der Waals surface area contributed by atoms with Crippen LogP contribution in [-0.4, -0.2) is 26.8 Å². The van der Waals surface area contributed by atoms with Crippen molar-refractivity contribution in [3.05, 3.63) is 71.9 Å². The van der Waals surface area contributed by atoms with E-state index in [0.29, 0.717) is 34.2 Å². The lowest BCUT2D eigenvalue weighted by atomic mass is 10.1. The molecule has 4 rings (SSSR count). The Morgan fingerprint density at radius 3 is 2.48 bits per heavy atom. The van der Waals surface area contributed by atoms with Gasteiger partial charge >= 0.3 is 0 Å². The molecule has 0 saturated carbocycles. The van der Waals surface area contributed by atoms with Crippen LogP contribution in [0.25, 0.3) is 16.9 Å². The minimum absolute atomic E-state index is 0.100. The summed E-state index contributed by atoms with van der Waals surface area (Å²) in [4.78, 5) is 4.84. The summed E-state index contributed by atoms with van der Waals surface area (Å²) >= 11 is 0.100. The van der Waals surface area contributed by atoms with Crippen molar-refractivity contribution < 1.29 is 8.99 Å². The van der Waals surface area contributed by atoms with Gasteiger partial charge < -0.3 is 15.7 Å². The number of rotatable bonds is 7. The number of hydrogen-bond donors (Lipinski definition) is 3.